The fourth-order valence-electron chi connectivity index (χ4n) is 7.35. The van der Waals surface area contributed by atoms with E-state index in [1.54, 1.807) is 49.1 Å². The minimum absolute atomic E-state index is 0.00997. The van der Waals surface area contributed by atoms with Crippen molar-refractivity contribution in [1.29, 1.82) is 5.26 Å². The molecular weight excluding hydrogens is 809 g/mol. The number of thiocarbonyl (C=S) groups is 1. The zero-order valence-electron chi connectivity index (χ0n) is 32.9. The summed E-state index contributed by atoms with van der Waals surface area (Å²) in [5, 5.41) is 17.9. The molecule has 3 aromatic rings. The number of amides is 4. The molecule has 3 N–H and O–H groups in total. The molecule has 312 valence electrons. The highest BCUT2D eigenvalue weighted by molar-refractivity contribution is 7.81. The molecule has 3 heterocycles. The number of nitrogens with zero attached hydrogens (tertiary/aromatic N) is 5. The van der Waals surface area contributed by atoms with Gasteiger partial charge in [0.15, 0.2) is 5.11 Å². The number of piperidine rings is 1. The molecule has 3 aliphatic heterocycles. The van der Waals surface area contributed by atoms with Gasteiger partial charge in [0.2, 0.25) is 17.7 Å². The van der Waals surface area contributed by atoms with Crippen LogP contribution >= 0.6 is 23.8 Å². The van der Waals surface area contributed by atoms with Crippen molar-refractivity contribution in [3.8, 4) is 11.8 Å². The smallest absolute Gasteiger partial charge is 0.417 e. The van der Waals surface area contributed by atoms with Crippen LogP contribution in [0.2, 0.25) is 5.02 Å². The molecule has 3 aromatic carbocycles. The Morgan fingerprint density at radius 1 is 1.02 bits per heavy atom. The normalized spacial score (nSPS) is 18.9. The average molecular weight is 853 g/mol. The van der Waals surface area contributed by atoms with Crippen molar-refractivity contribution >= 4 is 75.3 Å². The van der Waals surface area contributed by atoms with E-state index in [0.717, 1.165) is 35.7 Å². The highest BCUT2D eigenvalue weighted by Gasteiger charge is 2.51. The second-order valence-electron chi connectivity index (χ2n) is 15.4. The van der Waals surface area contributed by atoms with Crippen LogP contribution in [-0.2, 0) is 25.4 Å². The molecule has 13 nitrogen and oxygen atoms in total. The Balaban J connectivity index is 1.02. The Bertz CT molecular complexity index is 2210. The summed E-state index contributed by atoms with van der Waals surface area (Å²) in [6.07, 6.45) is -4.22. The maximum atomic E-state index is 13.8. The predicted molar refractivity (Wildman–Crippen MR) is 222 cm³/mol. The number of hydrogen-bond acceptors (Lipinski definition) is 10. The van der Waals surface area contributed by atoms with Gasteiger partial charge in [-0.15, -0.1) is 0 Å². The van der Waals surface area contributed by atoms with E-state index >= 15 is 0 Å². The zero-order valence-corrected chi connectivity index (χ0v) is 34.5. The van der Waals surface area contributed by atoms with Crippen LogP contribution in [0.3, 0.4) is 0 Å². The van der Waals surface area contributed by atoms with E-state index in [1.807, 2.05) is 26.0 Å². The lowest BCUT2D eigenvalue weighted by Crippen LogP contribution is -2.49. The van der Waals surface area contributed by atoms with Crippen LogP contribution in [0.4, 0.5) is 35.9 Å². The molecule has 3 aliphatic rings. The van der Waals surface area contributed by atoms with Crippen LogP contribution in [0.15, 0.2) is 54.6 Å². The Morgan fingerprint density at radius 3 is 2.36 bits per heavy atom. The Morgan fingerprint density at radius 2 is 1.69 bits per heavy atom. The predicted octanol–water partition coefficient (Wildman–Crippen LogP) is 6.12. The maximum absolute atomic E-state index is 13.8. The van der Waals surface area contributed by atoms with Gasteiger partial charge < -0.3 is 20.3 Å². The highest BCUT2D eigenvalue weighted by Crippen LogP contribution is 2.41. The molecule has 3 fully saturated rings. The van der Waals surface area contributed by atoms with Crippen LogP contribution in [0.25, 0.3) is 0 Å². The number of nitriles is 1. The fourth-order valence-corrected chi connectivity index (χ4v) is 8.11. The summed E-state index contributed by atoms with van der Waals surface area (Å²) in [6, 6.07) is 14.5. The minimum atomic E-state index is -4.80. The van der Waals surface area contributed by atoms with E-state index in [4.69, 9.17) is 28.6 Å². The van der Waals surface area contributed by atoms with Gasteiger partial charge >= 0.3 is 6.18 Å². The van der Waals surface area contributed by atoms with Gasteiger partial charge in [-0.05, 0) is 98.6 Å². The van der Waals surface area contributed by atoms with Crippen LogP contribution in [0.1, 0.15) is 63.1 Å². The van der Waals surface area contributed by atoms with Gasteiger partial charge in [-0.2, -0.15) is 18.4 Å². The topological polar surface area (TPSA) is 150 Å². The number of carbonyl (C=O) groups is 4. The van der Waals surface area contributed by atoms with Crippen LogP contribution in [0, 0.1) is 11.3 Å². The largest absolute Gasteiger partial charge is 0.492 e. The summed E-state index contributed by atoms with van der Waals surface area (Å²) < 4.78 is 47.7. The van der Waals surface area contributed by atoms with Crippen LogP contribution < -0.4 is 30.5 Å². The Hall–Kier alpha value is -5.28. The van der Waals surface area contributed by atoms with E-state index in [0.29, 0.717) is 60.5 Å². The van der Waals surface area contributed by atoms with E-state index in [-0.39, 0.29) is 41.5 Å². The number of hydrogen-bond donors (Lipinski definition) is 3. The molecule has 6 rings (SSSR count). The molecule has 1 unspecified atom stereocenters. The van der Waals surface area contributed by atoms with E-state index in [9.17, 15) is 37.6 Å². The van der Waals surface area contributed by atoms with E-state index in [2.05, 4.69) is 25.8 Å². The van der Waals surface area contributed by atoms with Crippen molar-refractivity contribution < 1.29 is 37.1 Å². The van der Waals surface area contributed by atoms with E-state index < -0.39 is 40.7 Å². The summed E-state index contributed by atoms with van der Waals surface area (Å²) in [6.45, 7) is 11.3. The average Bonchev–Trinajstić information content (AvgIpc) is 3.34. The molecule has 3 saturated heterocycles. The van der Waals surface area contributed by atoms with Gasteiger partial charge in [-0.3, -0.25) is 39.2 Å². The molecule has 0 spiro atoms. The number of alkyl halides is 3. The minimum Gasteiger partial charge on any atom is -0.492 e. The highest BCUT2D eigenvalue weighted by atomic mass is 35.5. The second kappa shape index (κ2) is 17.5. The van der Waals surface area contributed by atoms with Gasteiger partial charge in [-0.1, -0.05) is 25.4 Å². The summed E-state index contributed by atoms with van der Waals surface area (Å²) in [7, 11) is 0. The number of halogens is 4. The fraction of sp³-hybridized carbons (Fsp3) is 0.415. The Kier molecular flexibility index (Phi) is 12.9. The third kappa shape index (κ3) is 9.79. The first kappa shape index (κ1) is 43.3. The summed E-state index contributed by atoms with van der Waals surface area (Å²) in [4.78, 5) is 57.4. The first-order chi connectivity index (χ1) is 27.8. The number of ether oxygens (including phenoxy) is 1. The summed E-state index contributed by atoms with van der Waals surface area (Å²) >= 11 is 12.0. The molecule has 18 heteroatoms. The second-order valence-corrected chi connectivity index (χ2v) is 16.2. The molecule has 4 amide bonds. The van der Waals surface area contributed by atoms with Gasteiger partial charge in [-0.25, -0.2) is 0 Å². The SMILES string of the molecule is CC(C)c1cc(N2C(=S)N(c3ccc(C#N)c(C(F)(F)F)c3)C(=O)C2(C)C)ccc1OCCN1CCN(CC(=O)Nc2cc(Cl)cc(NC3CCC(=O)NC3=O)c2)CC1. The first-order valence-corrected chi connectivity index (χ1v) is 19.9. The van der Waals surface area contributed by atoms with Crippen molar-refractivity contribution in [3.05, 3.63) is 76.3 Å². The standard InChI is InChI=1S/C41H44ClF3N8O5S/c1-24(2)31-20-30(53-39(59)52(38(57)40(53,3)4)29-6-5-25(22-46)32(21-29)41(43,44)45)7-9-34(31)58-16-15-50-11-13-51(14-12-50)23-36(55)48-28-18-26(42)17-27(19-28)47-33-8-10-35(54)49-37(33)56/h5-7,9,17-21,24,33,47H,8,10-16,23H2,1-4H3,(H,48,55)(H,49,54,56). The zero-order chi connectivity index (χ0) is 42.8. The number of imide groups is 1. The Labute approximate surface area is 350 Å². The molecule has 0 aliphatic carbocycles. The van der Waals surface area contributed by atoms with Crippen molar-refractivity contribution in [2.75, 3.05) is 66.3 Å². The maximum Gasteiger partial charge on any atom is 0.417 e. The van der Waals surface area contributed by atoms with Crippen molar-refractivity contribution in [2.45, 2.75) is 64.2 Å². The number of piperazine rings is 1. The molecule has 0 aromatic heterocycles. The molecule has 59 heavy (non-hydrogen) atoms. The number of nitrogens with one attached hydrogen (secondary N) is 3. The molecule has 0 bridgehead atoms. The van der Waals surface area contributed by atoms with Crippen molar-refractivity contribution in [2.24, 2.45) is 0 Å². The number of rotatable bonds is 12. The van der Waals surface area contributed by atoms with Crippen LogP contribution in [0.5, 0.6) is 5.75 Å². The molecular formula is C41H44ClF3N8O5S. The first-order valence-electron chi connectivity index (χ1n) is 19.1. The third-order valence-electron chi connectivity index (χ3n) is 10.5. The number of benzene rings is 3. The third-order valence-corrected chi connectivity index (χ3v) is 11.1. The lowest BCUT2D eigenvalue weighted by Gasteiger charge is -2.34. The molecule has 0 radical (unpaired) electrons. The number of anilines is 4. The van der Waals surface area contributed by atoms with Gasteiger partial charge in [0, 0.05) is 61.2 Å². The molecule has 1 atom stereocenters. The monoisotopic (exact) mass is 852 g/mol. The lowest BCUT2D eigenvalue weighted by atomic mass is 9.98. The summed E-state index contributed by atoms with van der Waals surface area (Å²) in [5.41, 5.74) is -0.545. The van der Waals surface area contributed by atoms with Gasteiger partial charge in [0.1, 0.15) is 23.9 Å². The quantitative estimate of drug-likeness (QED) is 0.143. The lowest BCUT2D eigenvalue weighted by molar-refractivity contribution is -0.138. The molecule has 0 saturated carbocycles. The van der Waals surface area contributed by atoms with Gasteiger partial charge in [0.25, 0.3) is 5.91 Å². The van der Waals surface area contributed by atoms with Crippen molar-refractivity contribution in [1.82, 2.24) is 15.1 Å². The number of carbonyl (C=O) groups excluding carboxylic acids is 4. The van der Waals surface area contributed by atoms with Crippen molar-refractivity contribution in [3.63, 3.8) is 0 Å². The van der Waals surface area contributed by atoms with Gasteiger partial charge in [0.05, 0.1) is 29.4 Å². The van der Waals surface area contributed by atoms with Crippen LogP contribution in [-0.4, -0.2) is 96.0 Å². The van der Waals surface area contributed by atoms with E-state index in [1.165, 1.54) is 6.07 Å². The summed E-state index contributed by atoms with van der Waals surface area (Å²) in [5.74, 6) is -0.767.